The van der Waals surface area contributed by atoms with E-state index < -0.39 is 6.10 Å². The average Bonchev–Trinajstić information content (AvgIpc) is 2.48. The molecule has 0 fully saturated rings. The molecule has 0 aliphatic carbocycles. The van der Waals surface area contributed by atoms with Crippen LogP contribution in [0.25, 0.3) is 10.8 Å². The monoisotopic (exact) mass is 380 g/mol. The van der Waals surface area contributed by atoms with Gasteiger partial charge in [0, 0.05) is 20.1 Å². The molecule has 0 heterocycles. The van der Waals surface area contributed by atoms with Crippen molar-refractivity contribution in [2.75, 3.05) is 0 Å². The molecule has 0 aromatic heterocycles. The van der Waals surface area contributed by atoms with Crippen LogP contribution in [0, 0.1) is 0 Å². The molecule has 1 unspecified atom stereocenters. The Balaban J connectivity index is 2.07. The third kappa shape index (κ3) is 3.09. The summed E-state index contributed by atoms with van der Waals surface area (Å²) < 4.78 is 1.03. The topological polar surface area (TPSA) is 20.2 Å². The van der Waals surface area contributed by atoms with Gasteiger partial charge in [-0.25, -0.2) is 0 Å². The van der Waals surface area contributed by atoms with Gasteiger partial charge in [0.25, 0.3) is 0 Å². The normalized spacial score (nSPS) is 12.6. The van der Waals surface area contributed by atoms with Crippen molar-refractivity contribution in [1.29, 1.82) is 0 Å². The van der Waals surface area contributed by atoms with Crippen molar-refractivity contribution in [3.8, 4) is 0 Å². The van der Waals surface area contributed by atoms with Crippen molar-refractivity contribution >= 4 is 49.9 Å². The lowest BCUT2D eigenvalue weighted by molar-refractivity contribution is 0.220. The molecular formula is C17H11BrCl2O. The lowest BCUT2D eigenvalue weighted by Gasteiger charge is -2.14. The second kappa shape index (κ2) is 5.98. The first-order valence-corrected chi connectivity index (χ1v) is 7.92. The van der Waals surface area contributed by atoms with Crippen molar-refractivity contribution in [2.45, 2.75) is 6.10 Å². The highest BCUT2D eigenvalue weighted by Gasteiger charge is 2.15. The Morgan fingerprint density at radius 1 is 0.857 bits per heavy atom. The van der Waals surface area contributed by atoms with Gasteiger partial charge >= 0.3 is 0 Å². The van der Waals surface area contributed by atoms with Gasteiger partial charge in [0.05, 0.1) is 0 Å². The highest BCUT2D eigenvalue weighted by Crippen LogP contribution is 2.32. The summed E-state index contributed by atoms with van der Waals surface area (Å²) in [6.07, 6.45) is -0.802. The number of halogens is 3. The van der Waals surface area contributed by atoms with Crippen molar-refractivity contribution < 1.29 is 5.11 Å². The standard InChI is InChI=1S/C17H11BrCl2O/c18-13-4-3-10-7-12(2-1-11(10)8-13)17(21)15-9-14(19)5-6-16(15)20/h1-9,17,21H. The molecule has 1 N–H and O–H groups in total. The van der Waals surface area contributed by atoms with Gasteiger partial charge in [0.2, 0.25) is 0 Å². The maximum atomic E-state index is 10.6. The SMILES string of the molecule is OC(c1ccc2cc(Br)ccc2c1)c1cc(Cl)ccc1Cl. The van der Waals surface area contributed by atoms with E-state index in [0.717, 1.165) is 20.8 Å². The molecule has 0 saturated heterocycles. The molecule has 0 bridgehead atoms. The van der Waals surface area contributed by atoms with E-state index in [1.54, 1.807) is 18.2 Å². The smallest absolute Gasteiger partial charge is 0.106 e. The molecule has 106 valence electrons. The Kier molecular flexibility index (Phi) is 4.23. The first-order chi connectivity index (χ1) is 10.0. The number of hydrogen-bond donors (Lipinski definition) is 1. The van der Waals surface area contributed by atoms with E-state index in [2.05, 4.69) is 15.9 Å². The molecule has 0 aliphatic rings. The van der Waals surface area contributed by atoms with Gasteiger partial charge < -0.3 is 5.11 Å². The van der Waals surface area contributed by atoms with Crippen LogP contribution in [0.2, 0.25) is 10.0 Å². The number of hydrogen-bond acceptors (Lipinski definition) is 1. The van der Waals surface area contributed by atoms with Crippen LogP contribution in [0.15, 0.2) is 59.1 Å². The minimum atomic E-state index is -0.802. The van der Waals surface area contributed by atoms with Crippen LogP contribution in [-0.4, -0.2) is 5.11 Å². The maximum absolute atomic E-state index is 10.6. The van der Waals surface area contributed by atoms with Crippen molar-refractivity contribution in [2.24, 2.45) is 0 Å². The maximum Gasteiger partial charge on any atom is 0.106 e. The van der Waals surface area contributed by atoms with E-state index in [0.29, 0.717) is 15.6 Å². The molecule has 0 amide bonds. The molecule has 0 spiro atoms. The summed E-state index contributed by atoms with van der Waals surface area (Å²) >= 11 is 15.6. The van der Waals surface area contributed by atoms with Crippen molar-refractivity contribution in [1.82, 2.24) is 0 Å². The summed E-state index contributed by atoms with van der Waals surface area (Å²) in [6, 6.07) is 17.0. The minimum absolute atomic E-state index is 0.503. The summed E-state index contributed by atoms with van der Waals surface area (Å²) in [6.45, 7) is 0. The predicted molar refractivity (Wildman–Crippen MR) is 92.2 cm³/mol. The summed E-state index contributed by atoms with van der Waals surface area (Å²) in [7, 11) is 0. The summed E-state index contributed by atoms with van der Waals surface area (Å²) in [5.41, 5.74) is 1.40. The Morgan fingerprint density at radius 2 is 1.57 bits per heavy atom. The van der Waals surface area contributed by atoms with Gasteiger partial charge in [-0.2, -0.15) is 0 Å². The van der Waals surface area contributed by atoms with E-state index in [9.17, 15) is 5.11 Å². The molecule has 4 heteroatoms. The fourth-order valence-corrected chi connectivity index (χ4v) is 3.09. The highest BCUT2D eigenvalue weighted by molar-refractivity contribution is 9.10. The first-order valence-electron chi connectivity index (χ1n) is 6.37. The van der Waals surface area contributed by atoms with Crippen LogP contribution in [-0.2, 0) is 0 Å². The molecule has 3 aromatic rings. The number of fused-ring (bicyclic) bond motifs is 1. The highest BCUT2D eigenvalue weighted by atomic mass is 79.9. The van der Waals surface area contributed by atoms with Crippen molar-refractivity contribution in [3.05, 3.63) is 80.2 Å². The first kappa shape index (κ1) is 14.9. The Labute approximate surface area is 141 Å². The lowest BCUT2D eigenvalue weighted by Crippen LogP contribution is -2.00. The molecular weight excluding hydrogens is 371 g/mol. The molecule has 21 heavy (non-hydrogen) atoms. The van der Waals surface area contributed by atoms with E-state index in [-0.39, 0.29) is 0 Å². The Morgan fingerprint density at radius 3 is 2.38 bits per heavy atom. The summed E-state index contributed by atoms with van der Waals surface area (Å²) in [5.74, 6) is 0. The Bertz CT molecular complexity index is 817. The molecule has 3 rings (SSSR count). The van der Waals surface area contributed by atoms with Gasteiger partial charge in [0.15, 0.2) is 0 Å². The third-order valence-corrected chi connectivity index (χ3v) is 4.47. The van der Waals surface area contributed by atoms with Crippen molar-refractivity contribution in [3.63, 3.8) is 0 Å². The van der Waals surface area contributed by atoms with Gasteiger partial charge in [-0.05, 0) is 52.7 Å². The zero-order chi connectivity index (χ0) is 15.0. The lowest BCUT2D eigenvalue weighted by atomic mass is 9.98. The Hall–Kier alpha value is -1.06. The number of benzene rings is 3. The van der Waals surface area contributed by atoms with E-state index in [4.69, 9.17) is 23.2 Å². The second-order valence-corrected chi connectivity index (χ2v) is 6.58. The molecule has 1 nitrogen and oxygen atoms in total. The molecule has 3 aromatic carbocycles. The minimum Gasteiger partial charge on any atom is -0.384 e. The van der Waals surface area contributed by atoms with Crippen LogP contribution >= 0.6 is 39.1 Å². The zero-order valence-electron chi connectivity index (χ0n) is 10.9. The van der Waals surface area contributed by atoms with E-state index in [1.807, 2.05) is 36.4 Å². The van der Waals surface area contributed by atoms with Crippen LogP contribution in [0.5, 0.6) is 0 Å². The molecule has 1 atom stereocenters. The summed E-state index contributed by atoms with van der Waals surface area (Å²) in [4.78, 5) is 0. The second-order valence-electron chi connectivity index (χ2n) is 4.82. The number of aliphatic hydroxyl groups is 1. The molecule has 0 aliphatic heterocycles. The largest absolute Gasteiger partial charge is 0.384 e. The molecule has 0 radical (unpaired) electrons. The zero-order valence-corrected chi connectivity index (χ0v) is 14.0. The molecule has 0 saturated carbocycles. The van der Waals surface area contributed by atoms with Crippen LogP contribution in [0.1, 0.15) is 17.2 Å². The van der Waals surface area contributed by atoms with E-state index >= 15 is 0 Å². The fraction of sp³-hybridized carbons (Fsp3) is 0.0588. The van der Waals surface area contributed by atoms with Gasteiger partial charge in [-0.1, -0.05) is 57.3 Å². The van der Waals surface area contributed by atoms with Crippen LogP contribution < -0.4 is 0 Å². The quantitative estimate of drug-likeness (QED) is 0.577. The van der Waals surface area contributed by atoms with Gasteiger partial charge in [-0.3, -0.25) is 0 Å². The fourth-order valence-electron chi connectivity index (χ4n) is 2.31. The van der Waals surface area contributed by atoms with Crippen LogP contribution in [0.3, 0.4) is 0 Å². The summed E-state index contributed by atoms with van der Waals surface area (Å²) in [5, 5.41) is 13.8. The van der Waals surface area contributed by atoms with Gasteiger partial charge in [-0.15, -0.1) is 0 Å². The number of aliphatic hydroxyl groups excluding tert-OH is 1. The average molecular weight is 382 g/mol. The van der Waals surface area contributed by atoms with Crippen LogP contribution in [0.4, 0.5) is 0 Å². The third-order valence-electron chi connectivity index (χ3n) is 3.39. The number of rotatable bonds is 2. The predicted octanol–water partition coefficient (Wildman–Crippen LogP) is 5.99. The van der Waals surface area contributed by atoms with E-state index in [1.165, 1.54) is 0 Å². The van der Waals surface area contributed by atoms with Gasteiger partial charge in [0.1, 0.15) is 6.10 Å².